The minimum atomic E-state index is -0.815. The van der Waals surface area contributed by atoms with Crippen molar-refractivity contribution in [3.05, 3.63) is 135 Å². The van der Waals surface area contributed by atoms with Crippen molar-refractivity contribution in [2.75, 3.05) is 32.6 Å². The number of thiophene rings is 1. The van der Waals surface area contributed by atoms with Crippen LogP contribution < -0.4 is 22.0 Å². The molecule has 6 rings (SSSR count). The molecule has 0 fully saturated rings. The summed E-state index contributed by atoms with van der Waals surface area (Å²) in [7, 11) is 3.22. The molecule has 3 heterocycles. The van der Waals surface area contributed by atoms with E-state index in [1.165, 1.54) is 29.1 Å². The van der Waals surface area contributed by atoms with Crippen LogP contribution in [0.2, 0.25) is 0 Å². The molecule has 0 aliphatic heterocycles. The van der Waals surface area contributed by atoms with Crippen LogP contribution in [0.4, 0.5) is 19.3 Å². The predicted molar refractivity (Wildman–Crippen MR) is 191 cm³/mol. The van der Waals surface area contributed by atoms with Crippen molar-refractivity contribution >= 4 is 33.3 Å². The fraction of sp³-hybridized carbons (Fsp3) is 0.222. The molecule has 3 aromatic carbocycles. The number of halogens is 2. The topological polar surface area (TPSA) is 136 Å². The lowest BCUT2D eigenvalue weighted by atomic mass is 10.1. The van der Waals surface area contributed by atoms with Crippen molar-refractivity contribution in [1.29, 1.82) is 0 Å². The molecule has 0 aliphatic carbocycles. The molecule has 0 atom stereocenters. The Morgan fingerprint density at radius 2 is 1.73 bits per heavy atom. The number of rotatable bonds is 13. The van der Waals surface area contributed by atoms with Crippen LogP contribution in [0, 0.1) is 11.6 Å². The number of para-hydroxylation sites is 1. The van der Waals surface area contributed by atoms with Gasteiger partial charge in [-0.05, 0) is 54.6 Å². The third kappa shape index (κ3) is 7.51. The van der Waals surface area contributed by atoms with E-state index in [9.17, 15) is 19.5 Å². The lowest BCUT2D eigenvalue weighted by molar-refractivity contribution is 0.114. The summed E-state index contributed by atoms with van der Waals surface area (Å²) in [6.45, 7) is 0.872. The van der Waals surface area contributed by atoms with Gasteiger partial charge in [0.1, 0.15) is 22.3 Å². The number of fused-ring (bicyclic) bond motifs is 1. The summed E-state index contributed by atoms with van der Waals surface area (Å²) in [4.78, 5) is 52.7. The van der Waals surface area contributed by atoms with E-state index in [0.29, 0.717) is 46.9 Å². The zero-order valence-corrected chi connectivity index (χ0v) is 28.6. The van der Waals surface area contributed by atoms with Gasteiger partial charge in [0.05, 0.1) is 31.3 Å². The first-order valence-corrected chi connectivity index (χ1v) is 16.8. The Balaban J connectivity index is 1.53. The highest BCUT2D eigenvalue weighted by Gasteiger charge is 2.26. The van der Waals surface area contributed by atoms with Crippen molar-refractivity contribution in [2.45, 2.75) is 26.1 Å². The van der Waals surface area contributed by atoms with Crippen LogP contribution in [0.1, 0.15) is 17.0 Å². The maximum atomic E-state index is 15.1. The number of carbonyl (C=O) groups excluding carboxylic acids is 1. The summed E-state index contributed by atoms with van der Waals surface area (Å²) in [6, 6.07) is 18.3. The van der Waals surface area contributed by atoms with Gasteiger partial charge in [0.15, 0.2) is 0 Å². The number of imidazole rings is 1. The van der Waals surface area contributed by atoms with Crippen molar-refractivity contribution in [3.8, 4) is 16.1 Å². The van der Waals surface area contributed by atoms with E-state index in [1.54, 1.807) is 60.8 Å². The molecular formula is C36H35F2N7O5S. The number of benzene rings is 3. The number of carbonyl (C=O) groups is 1. The molecule has 0 unspecified atom stereocenters. The number of anilines is 1. The van der Waals surface area contributed by atoms with E-state index in [1.807, 2.05) is 22.7 Å². The number of hydrogen-bond donors (Lipinski definition) is 3. The molecular weight excluding hydrogens is 681 g/mol. The van der Waals surface area contributed by atoms with Gasteiger partial charge in [0.25, 0.3) is 5.56 Å². The van der Waals surface area contributed by atoms with Gasteiger partial charge in [-0.25, -0.2) is 33.4 Å². The van der Waals surface area contributed by atoms with E-state index in [2.05, 4.69) is 20.6 Å². The summed E-state index contributed by atoms with van der Waals surface area (Å²) in [5.41, 5.74) is 2.68. The largest absolute Gasteiger partial charge is 0.396 e. The number of aliphatic hydroxyl groups excluding tert-OH is 1. The zero-order chi connectivity index (χ0) is 36.1. The second-order valence-electron chi connectivity index (χ2n) is 11.7. The van der Waals surface area contributed by atoms with Gasteiger partial charge in [-0.15, -0.1) is 11.3 Å². The van der Waals surface area contributed by atoms with Crippen molar-refractivity contribution in [3.63, 3.8) is 0 Å². The highest BCUT2D eigenvalue weighted by molar-refractivity contribution is 7.22. The highest BCUT2D eigenvalue weighted by Crippen LogP contribution is 2.38. The van der Waals surface area contributed by atoms with Crippen molar-refractivity contribution < 1.29 is 23.5 Å². The van der Waals surface area contributed by atoms with E-state index in [-0.39, 0.29) is 28.9 Å². The molecule has 3 N–H and O–H groups in total. The fourth-order valence-electron chi connectivity index (χ4n) is 5.89. The third-order valence-corrected chi connectivity index (χ3v) is 9.66. The second kappa shape index (κ2) is 15.6. The van der Waals surface area contributed by atoms with Gasteiger partial charge in [-0.3, -0.25) is 14.2 Å². The summed E-state index contributed by atoms with van der Waals surface area (Å²) in [5, 5.41) is 12.3. The Labute approximate surface area is 294 Å². The molecule has 0 spiro atoms. The molecule has 6 aromatic rings. The quantitative estimate of drug-likeness (QED) is 0.147. The number of nitrogens with zero attached hydrogens (tertiary/aromatic N) is 5. The van der Waals surface area contributed by atoms with Crippen LogP contribution in [0.3, 0.4) is 0 Å². The Hall–Kier alpha value is -5.48. The van der Waals surface area contributed by atoms with Crippen LogP contribution in [0.5, 0.6) is 0 Å². The molecule has 51 heavy (non-hydrogen) atoms. The number of hydroxylamine groups is 1. The molecule has 3 aromatic heterocycles. The molecule has 15 heteroatoms. The molecule has 0 radical (unpaired) electrons. The Morgan fingerprint density at radius 1 is 1.00 bits per heavy atom. The fourth-order valence-corrected chi connectivity index (χ4v) is 7.19. The first kappa shape index (κ1) is 35.3. The zero-order valence-electron chi connectivity index (χ0n) is 27.8. The number of nitrogens with one attached hydrogen (secondary N) is 2. The average Bonchev–Trinajstić information content (AvgIpc) is 3.72. The standard InChI is InChI=1S/C36H35F2N7O5S/c1-42(18-19-43-17-16-39-30(43)15-20-46)21-27-31-33(47)45(25-7-4-3-5-8-25)36(49)44(22-26-28(37)9-6-10-29(26)38)34(31)51-32(27)23-11-13-24(14-12-23)40-35(48)41-50-2/h3-14,16-17,46H,15,18-22H2,1-2H3,(H2,40,41,48). The maximum absolute atomic E-state index is 15.1. The number of aromatic nitrogens is 4. The SMILES string of the molecule is CONC(=O)Nc1ccc(-c2sc3c(c2CN(C)CCn2ccnc2CCO)c(=O)n(-c2ccccc2)c(=O)n3Cc2c(F)cccc2F)cc1. The number of urea groups is 1. The van der Waals surface area contributed by atoms with Crippen LogP contribution >= 0.6 is 11.3 Å². The van der Waals surface area contributed by atoms with Gasteiger partial charge < -0.3 is 19.9 Å². The number of amides is 2. The lowest BCUT2D eigenvalue weighted by Gasteiger charge is -2.19. The Kier molecular flexibility index (Phi) is 10.8. The summed E-state index contributed by atoms with van der Waals surface area (Å²) < 4.78 is 34.4. The number of hydrogen-bond acceptors (Lipinski definition) is 8. The van der Waals surface area contributed by atoms with Crippen LogP contribution in [-0.4, -0.2) is 62.0 Å². The Morgan fingerprint density at radius 3 is 2.41 bits per heavy atom. The third-order valence-electron chi connectivity index (χ3n) is 8.35. The predicted octanol–water partition coefficient (Wildman–Crippen LogP) is 4.75. The highest BCUT2D eigenvalue weighted by atomic mass is 32.1. The molecule has 0 saturated carbocycles. The Bertz CT molecular complexity index is 2260. The molecule has 0 aliphatic rings. The first-order valence-electron chi connectivity index (χ1n) is 16.0. The monoisotopic (exact) mass is 715 g/mol. The van der Waals surface area contributed by atoms with Crippen LogP contribution in [-0.2, 0) is 30.9 Å². The summed E-state index contributed by atoms with van der Waals surface area (Å²) in [6.07, 6.45) is 3.93. The van der Waals surface area contributed by atoms with E-state index < -0.39 is 35.5 Å². The first-order chi connectivity index (χ1) is 24.7. The minimum absolute atomic E-state index is 0.0331. The van der Waals surface area contributed by atoms with Gasteiger partial charge in [-0.2, -0.15) is 0 Å². The molecule has 264 valence electrons. The molecule has 0 saturated heterocycles. The van der Waals surface area contributed by atoms with Gasteiger partial charge >= 0.3 is 11.7 Å². The van der Waals surface area contributed by atoms with Gasteiger partial charge in [-0.1, -0.05) is 36.4 Å². The molecule has 2 amide bonds. The van der Waals surface area contributed by atoms with Crippen molar-refractivity contribution in [2.24, 2.45) is 0 Å². The number of likely N-dealkylation sites (N-methyl/N-ethyl adjacent to an activating group) is 1. The molecule has 0 bridgehead atoms. The lowest BCUT2D eigenvalue weighted by Crippen LogP contribution is -2.39. The summed E-state index contributed by atoms with van der Waals surface area (Å²) >= 11 is 1.18. The van der Waals surface area contributed by atoms with Gasteiger partial charge in [0, 0.05) is 54.6 Å². The van der Waals surface area contributed by atoms with E-state index in [0.717, 1.165) is 22.5 Å². The van der Waals surface area contributed by atoms with E-state index in [4.69, 9.17) is 0 Å². The molecule has 12 nitrogen and oxygen atoms in total. The average molecular weight is 716 g/mol. The summed E-state index contributed by atoms with van der Waals surface area (Å²) in [5.74, 6) is -0.884. The second-order valence-corrected chi connectivity index (χ2v) is 12.7. The van der Waals surface area contributed by atoms with Crippen LogP contribution in [0.15, 0.2) is 94.8 Å². The number of aliphatic hydroxyl groups is 1. The van der Waals surface area contributed by atoms with Crippen LogP contribution in [0.25, 0.3) is 26.3 Å². The maximum Gasteiger partial charge on any atom is 0.343 e. The van der Waals surface area contributed by atoms with E-state index >= 15 is 8.78 Å². The smallest absolute Gasteiger partial charge is 0.343 e. The normalized spacial score (nSPS) is 11.4. The minimum Gasteiger partial charge on any atom is -0.396 e. The van der Waals surface area contributed by atoms with Crippen molar-refractivity contribution in [1.82, 2.24) is 29.1 Å². The van der Waals surface area contributed by atoms with Gasteiger partial charge in [0.2, 0.25) is 0 Å².